The number of nitrogens with one attached hydrogen (secondary N) is 1. The second-order valence-electron chi connectivity index (χ2n) is 5.16. The van der Waals surface area contributed by atoms with E-state index in [0.717, 1.165) is 24.9 Å². The first-order valence-corrected chi connectivity index (χ1v) is 6.23. The molecule has 94 valence electrons. The van der Waals surface area contributed by atoms with Crippen molar-refractivity contribution in [1.29, 1.82) is 0 Å². The Morgan fingerprint density at radius 1 is 1.35 bits per heavy atom. The average molecular weight is 235 g/mol. The molecule has 0 aromatic heterocycles. The van der Waals surface area contributed by atoms with Crippen LogP contribution in [0.15, 0.2) is 24.3 Å². The number of aliphatic hydroxyl groups is 2. The highest BCUT2D eigenvalue weighted by molar-refractivity contribution is 5.25. The molecule has 3 heteroatoms. The molecule has 1 saturated carbocycles. The van der Waals surface area contributed by atoms with E-state index >= 15 is 0 Å². The lowest BCUT2D eigenvalue weighted by molar-refractivity contribution is 0.204. The van der Waals surface area contributed by atoms with E-state index in [2.05, 4.69) is 18.3 Å². The van der Waals surface area contributed by atoms with Crippen LogP contribution in [0.4, 0.5) is 0 Å². The molecule has 1 aliphatic rings. The lowest BCUT2D eigenvalue weighted by atomic mass is 10.0. The van der Waals surface area contributed by atoms with Crippen molar-refractivity contribution in [3.05, 3.63) is 35.4 Å². The van der Waals surface area contributed by atoms with Crippen LogP contribution in [0.3, 0.4) is 0 Å². The van der Waals surface area contributed by atoms with Crippen LogP contribution < -0.4 is 5.32 Å². The predicted octanol–water partition coefficient (Wildman–Crippen LogP) is 1.60. The minimum absolute atomic E-state index is 0.0845. The summed E-state index contributed by atoms with van der Waals surface area (Å²) in [4.78, 5) is 0. The molecule has 3 N–H and O–H groups in total. The fourth-order valence-electron chi connectivity index (χ4n) is 2.02. The molecule has 17 heavy (non-hydrogen) atoms. The van der Waals surface area contributed by atoms with Crippen LogP contribution in [0.5, 0.6) is 0 Å². The van der Waals surface area contributed by atoms with Gasteiger partial charge in [-0.25, -0.2) is 0 Å². The normalized spacial score (nSPS) is 19.0. The first-order valence-electron chi connectivity index (χ1n) is 6.23. The molecule has 1 atom stereocenters. The van der Waals surface area contributed by atoms with Gasteiger partial charge in [-0.05, 0) is 30.9 Å². The van der Waals surface area contributed by atoms with Crippen molar-refractivity contribution in [2.75, 3.05) is 13.2 Å². The highest BCUT2D eigenvalue weighted by Gasteiger charge is 2.41. The van der Waals surface area contributed by atoms with Crippen molar-refractivity contribution in [2.45, 2.75) is 32.4 Å². The molecule has 0 bridgehead atoms. The van der Waals surface area contributed by atoms with Crippen LogP contribution in [0.25, 0.3) is 0 Å². The molecule has 3 nitrogen and oxygen atoms in total. The zero-order valence-corrected chi connectivity index (χ0v) is 10.3. The summed E-state index contributed by atoms with van der Waals surface area (Å²) in [6, 6.07) is 8.24. The summed E-state index contributed by atoms with van der Waals surface area (Å²) in [7, 11) is 0. The SMILES string of the molecule is CC(NCC1(CO)CC1)c1cccc(CO)c1. The van der Waals surface area contributed by atoms with Gasteiger partial charge in [0.2, 0.25) is 0 Å². The van der Waals surface area contributed by atoms with Crippen LogP contribution in [0.1, 0.15) is 36.9 Å². The molecule has 0 heterocycles. The summed E-state index contributed by atoms with van der Waals surface area (Å²) >= 11 is 0. The van der Waals surface area contributed by atoms with Crippen molar-refractivity contribution >= 4 is 0 Å². The van der Waals surface area contributed by atoms with Crippen LogP contribution in [0.2, 0.25) is 0 Å². The molecule has 1 aromatic carbocycles. The Bertz CT molecular complexity index is 374. The van der Waals surface area contributed by atoms with E-state index in [0.29, 0.717) is 0 Å². The van der Waals surface area contributed by atoms with Crippen molar-refractivity contribution in [3.8, 4) is 0 Å². The van der Waals surface area contributed by atoms with Crippen molar-refractivity contribution in [1.82, 2.24) is 5.32 Å². The van der Waals surface area contributed by atoms with E-state index < -0.39 is 0 Å². The topological polar surface area (TPSA) is 52.5 Å². The second-order valence-corrected chi connectivity index (χ2v) is 5.16. The molecule has 0 radical (unpaired) electrons. The molecule has 0 saturated heterocycles. The van der Waals surface area contributed by atoms with Crippen LogP contribution in [0, 0.1) is 5.41 Å². The fourth-order valence-corrected chi connectivity index (χ4v) is 2.02. The second kappa shape index (κ2) is 5.17. The summed E-state index contributed by atoms with van der Waals surface area (Å²) in [5, 5.41) is 21.8. The zero-order chi connectivity index (χ0) is 12.3. The van der Waals surface area contributed by atoms with E-state index in [1.807, 2.05) is 18.2 Å². The minimum atomic E-state index is 0.0845. The fraction of sp³-hybridized carbons (Fsp3) is 0.571. The Hall–Kier alpha value is -0.900. The third kappa shape index (κ3) is 3.06. The van der Waals surface area contributed by atoms with Crippen LogP contribution in [-0.4, -0.2) is 23.4 Å². The van der Waals surface area contributed by atoms with Gasteiger partial charge in [-0.3, -0.25) is 0 Å². The van der Waals surface area contributed by atoms with E-state index in [4.69, 9.17) is 5.11 Å². The first kappa shape index (κ1) is 12.6. The van der Waals surface area contributed by atoms with Crippen LogP contribution >= 0.6 is 0 Å². The van der Waals surface area contributed by atoms with Gasteiger partial charge >= 0.3 is 0 Å². The van der Waals surface area contributed by atoms with Gasteiger partial charge in [0, 0.05) is 24.6 Å². The summed E-state index contributed by atoms with van der Waals surface area (Å²) in [6.45, 7) is 3.35. The number of aliphatic hydroxyl groups excluding tert-OH is 2. The molecular weight excluding hydrogens is 214 g/mol. The molecule has 0 aliphatic heterocycles. The average Bonchev–Trinajstić information content (AvgIpc) is 3.17. The third-order valence-electron chi connectivity index (χ3n) is 3.71. The molecular formula is C14H21NO2. The number of hydrogen-bond acceptors (Lipinski definition) is 3. The van der Waals surface area contributed by atoms with Crippen molar-refractivity contribution in [3.63, 3.8) is 0 Å². The minimum Gasteiger partial charge on any atom is -0.396 e. The Balaban J connectivity index is 1.92. The van der Waals surface area contributed by atoms with Gasteiger partial charge in [-0.1, -0.05) is 24.3 Å². The summed E-state index contributed by atoms with van der Waals surface area (Å²) in [5.74, 6) is 0. The molecule has 1 aromatic rings. The zero-order valence-electron chi connectivity index (χ0n) is 10.3. The van der Waals surface area contributed by atoms with Crippen LogP contribution in [-0.2, 0) is 6.61 Å². The van der Waals surface area contributed by atoms with Crippen molar-refractivity contribution < 1.29 is 10.2 Å². The lowest BCUT2D eigenvalue weighted by Crippen LogP contribution is -2.28. The van der Waals surface area contributed by atoms with Gasteiger partial charge in [0.05, 0.1) is 6.61 Å². The first-order chi connectivity index (χ1) is 8.19. The summed E-state index contributed by atoms with van der Waals surface area (Å²) < 4.78 is 0. The smallest absolute Gasteiger partial charge is 0.0681 e. The summed E-state index contributed by atoms with van der Waals surface area (Å²) in [5.41, 5.74) is 2.27. The number of benzene rings is 1. The summed E-state index contributed by atoms with van der Waals surface area (Å²) in [6.07, 6.45) is 2.25. The lowest BCUT2D eigenvalue weighted by Gasteiger charge is -2.19. The molecule has 0 amide bonds. The molecule has 1 fully saturated rings. The Labute approximate surface area is 102 Å². The molecule has 1 aliphatic carbocycles. The van der Waals surface area contributed by atoms with E-state index in [-0.39, 0.29) is 24.7 Å². The van der Waals surface area contributed by atoms with E-state index in [9.17, 15) is 5.11 Å². The van der Waals surface area contributed by atoms with Gasteiger partial charge < -0.3 is 15.5 Å². The Morgan fingerprint density at radius 3 is 2.71 bits per heavy atom. The molecule has 2 rings (SSSR count). The Kier molecular flexibility index (Phi) is 3.82. The van der Waals surface area contributed by atoms with Gasteiger partial charge in [0.15, 0.2) is 0 Å². The van der Waals surface area contributed by atoms with E-state index in [1.54, 1.807) is 0 Å². The maximum atomic E-state index is 9.25. The molecule has 1 unspecified atom stereocenters. The van der Waals surface area contributed by atoms with Gasteiger partial charge in [0.1, 0.15) is 0 Å². The monoisotopic (exact) mass is 235 g/mol. The largest absolute Gasteiger partial charge is 0.396 e. The van der Waals surface area contributed by atoms with Crippen molar-refractivity contribution in [2.24, 2.45) is 5.41 Å². The number of rotatable bonds is 6. The highest BCUT2D eigenvalue weighted by Crippen LogP contribution is 2.44. The number of hydrogen-bond donors (Lipinski definition) is 3. The maximum Gasteiger partial charge on any atom is 0.0681 e. The maximum absolute atomic E-state index is 9.25. The predicted molar refractivity (Wildman–Crippen MR) is 67.5 cm³/mol. The quantitative estimate of drug-likeness (QED) is 0.702. The standard InChI is InChI=1S/C14H21NO2/c1-11(15-9-14(10-17)5-6-14)13-4-2-3-12(7-13)8-16/h2-4,7,11,15-17H,5-6,8-10H2,1H3. The van der Waals surface area contributed by atoms with Gasteiger partial charge in [-0.15, -0.1) is 0 Å². The highest BCUT2D eigenvalue weighted by atomic mass is 16.3. The van der Waals surface area contributed by atoms with E-state index in [1.165, 1.54) is 5.56 Å². The van der Waals surface area contributed by atoms with Gasteiger partial charge in [0.25, 0.3) is 0 Å². The third-order valence-corrected chi connectivity index (χ3v) is 3.71. The van der Waals surface area contributed by atoms with Gasteiger partial charge in [-0.2, -0.15) is 0 Å². The molecule has 0 spiro atoms. The Morgan fingerprint density at radius 2 is 2.12 bits per heavy atom.